The van der Waals surface area contributed by atoms with Crippen molar-refractivity contribution in [2.45, 2.75) is 77.8 Å². The molecule has 0 saturated carbocycles. The van der Waals surface area contributed by atoms with Crippen LogP contribution in [0.1, 0.15) is 47.1 Å². The number of benzene rings is 1. The average Bonchev–Trinajstić information content (AvgIpc) is 2.49. The average molecular weight is 420 g/mol. The van der Waals surface area contributed by atoms with E-state index in [9.17, 15) is 5.26 Å². The van der Waals surface area contributed by atoms with E-state index in [4.69, 9.17) is 8.23 Å². The van der Waals surface area contributed by atoms with Gasteiger partial charge in [0.15, 0.2) is 0 Å². The number of nitrogens with zero attached hydrogens (tertiary/aromatic N) is 1. The molecule has 0 spiro atoms. The van der Waals surface area contributed by atoms with E-state index in [0.29, 0.717) is 25.1 Å². The van der Waals surface area contributed by atoms with E-state index in [1.807, 2.05) is 12.1 Å². The summed E-state index contributed by atoms with van der Waals surface area (Å²) in [5.41, 5.74) is 0.704. The number of rotatable bonds is 6. The van der Waals surface area contributed by atoms with Gasteiger partial charge in [-0.25, -0.2) is 0 Å². The van der Waals surface area contributed by atoms with E-state index >= 15 is 0 Å². The van der Waals surface area contributed by atoms with Gasteiger partial charge in [0.2, 0.25) is 36.2 Å². The van der Waals surface area contributed by atoms with Crippen molar-refractivity contribution in [3.05, 3.63) is 23.8 Å². The van der Waals surface area contributed by atoms with Gasteiger partial charge in [-0.3, -0.25) is 0 Å². The standard InChI is InChI=1S/C19H33NO2Si4/c1-18(2,3)23-21-25(7,8)16-12-11-15(14-20)13-17(16)26(9,10)22-24-19(4,5)6/h11-13H,1-10H3. The predicted octanol–water partition coefficient (Wildman–Crippen LogP) is 4.09. The lowest BCUT2D eigenvalue weighted by atomic mass is 10.2. The van der Waals surface area contributed by atoms with Crippen molar-refractivity contribution in [3.63, 3.8) is 0 Å². The Morgan fingerprint density at radius 1 is 0.808 bits per heavy atom. The monoisotopic (exact) mass is 419 g/mol. The summed E-state index contributed by atoms with van der Waals surface area (Å²) in [5.74, 6) is 0. The Kier molecular flexibility index (Phi) is 7.47. The van der Waals surface area contributed by atoms with Crippen molar-refractivity contribution >= 4 is 46.5 Å². The van der Waals surface area contributed by atoms with Crippen LogP contribution in [-0.4, -0.2) is 36.2 Å². The smallest absolute Gasteiger partial charge is 0.221 e. The molecule has 4 radical (unpaired) electrons. The van der Waals surface area contributed by atoms with E-state index in [0.717, 1.165) is 0 Å². The summed E-state index contributed by atoms with van der Waals surface area (Å²) in [6.45, 7) is 22.2. The van der Waals surface area contributed by atoms with Crippen LogP contribution in [0.25, 0.3) is 0 Å². The third-order valence-electron chi connectivity index (χ3n) is 3.67. The number of nitriles is 1. The maximum atomic E-state index is 9.40. The SMILES string of the molecule is CC(C)(C)[Si]O[Si](C)(C)c1ccc(C#N)cc1[Si](C)(C)O[Si]C(C)(C)C. The maximum Gasteiger partial charge on any atom is 0.221 e. The fourth-order valence-electron chi connectivity index (χ4n) is 2.31. The van der Waals surface area contributed by atoms with E-state index in [1.165, 1.54) is 10.4 Å². The van der Waals surface area contributed by atoms with Crippen molar-refractivity contribution in [3.8, 4) is 6.07 Å². The van der Waals surface area contributed by atoms with Crippen LogP contribution in [0.4, 0.5) is 0 Å². The topological polar surface area (TPSA) is 42.2 Å². The summed E-state index contributed by atoms with van der Waals surface area (Å²) in [4.78, 5) is 0. The fraction of sp³-hybridized carbons (Fsp3) is 0.632. The first-order valence-corrected chi connectivity index (χ1v) is 16.7. The zero-order chi connectivity index (χ0) is 20.4. The van der Waals surface area contributed by atoms with Crippen molar-refractivity contribution in [1.82, 2.24) is 0 Å². The first kappa shape index (κ1) is 23.5. The molecule has 0 atom stereocenters. The molecule has 0 aliphatic heterocycles. The molecule has 0 unspecified atom stereocenters. The van der Waals surface area contributed by atoms with Gasteiger partial charge >= 0.3 is 0 Å². The maximum absolute atomic E-state index is 9.40. The van der Waals surface area contributed by atoms with Crippen LogP contribution in [0.2, 0.25) is 36.3 Å². The molecule has 0 heterocycles. The molecule has 0 aromatic heterocycles. The van der Waals surface area contributed by atoms with Crippen molar-refractivity contribution in [1.29, 1.82) is 5.26 Å². The minimum absolute atomic E-state index is 0.147. The van der Waals surface area contributed by atoms with Gasteiger partial charge in [-0.2, -0.15) is 5.26 Å². The molecule has 3 nitrogen and oxygen atoms in total. The highest BCUT2D eigenvalue weighted by molar-refractivity contribution is 6.96. The normalized spacial score (nSPS) is 13.6. The summed E-state index contributed by atoms with van der Waals surface area (Å²) in [5, 5.41) is 12.2. The highest BCUT2D eigenvalue weighted by Crippen LogP contribution is 2.24. The predicted molar refractivity (Wildman–Crippen MR) is 118 cm³/mol. The molecule has 0 N–H and O–H groups in total. The first-order chi connectivity index (χ1) is 11.6. The minimum Gasteiger partial charge on any atom is -0.452 e. The van der Waals surface area contributed by atoms with E-state index in [2.05, 4.69) is 79.9 Å². The molecule has 0 aliphatic carbocycles. The zero-order valence-electron chi connectivity index (χ0n) is 18.0. The molecule has 26 heavy (non-hydrogen) atoms. The minimum atomic E-state index is -2.15. The summed E-state index contributed by atoms with van der Waals surface area (Å²) in [7, 11) is -3.34. The number of hydrogen-bond donors (Lipinski definition) is 0. The second-order valence-corrected chi connectivity index (χ2v) is 22.0. The lowest BCUT2D eigenvalue weighted by Crippen LogP contribution is -2.62. The Hall–Kier alpha value is -0.502. The summed E-state index contributed by atoms with van der Waals surface area (Å²) >= 11 is 0. The van der Waals surface area contributed by atoms with Gasteiger partial charge in [-0.05, 0) is 58.8 Å². The van der Waals surface area contributed by atoms with Crippen molar-refractivity contribution in [2.75, 3.05) is 0 Å². The Balaban J connectivity index is 3.31. The fourth-order valence-corrected chi connectivity index (χ4v) is 11.9. The van der Waals surface area contributed by atoms with E-state index in [1.54, 1.807) is 0 Å². The zero-order valence-corrected chi connectivity index (χ0v) is 22.0. The highest BCUT2D eigenvalue weighted by atomic mass is 28.4. The molecular formula is C19H33NO2Si4. The molecule has 1 rings (SSSR count). The van der Waals surface area contributed by atoms with Crippen LogP contribution in [0.3, 0.4) is 0 Å². The van der Waals surface area contributed by atoms with Crippen LogP contribution in [-0.2, 0) is 8.23 Å². The quantitative estimate of drug-likeness (QED) is 0.652. The van der Waals surface area contributed by atoms with Gasteiger partial charge < -0.3 is 8.23 Å². The second-order valence-electron chi connectivity index (χ2n) is 9.80. The third-order valence-corrected chi connectivity index (χ3v) is 13.5. The van der Waals surface area contributed by atoms with Crippen LogP contribution in [0, 0.1) is 11.3 Å². The Labute approximate surface area is 167 Å². The number of hydrogen-bond acceptors (Lipinski definition) is 3. The van der Waals surface area contributed by atoms with Gasteiger partial charge in [-0.1, -0.05) is 47.6 Å². The molecule has 0 fully saturated rings. The van der Waals surface area contributed by atoms with Gasteiger partial charge in [0.05, 0.1) is 11.6 Å². The lowest BCUT2D eigenvalue weighted by Gasteiger charge is -2.34. The summed E-state index contributed by atoms with van der Waals surface area (Å²) < 4.78 is 13.0. The summed E-state index contributed by atoms with van der Waals surface area (Å²) in [6, 6.07) is 8.38. The van der Waals surface area contributed by atoms with Crippen molar-refractivity contribution in [2.24, 2.45) is 0 Å². The molecule has 0 bridgehead atoms. The molecule has 1 aromatic carbocycles. The van der Waals surface area contributed by atoms with Gasteiger partial charge in [0.1, 0.15) is 0 Å². The van der Waals surface area contributed by atoms with Crippen molar-refractivity contribution < 1.29 is 8.23 Å². The molecule has 7 heteroatoms. The van der Waals surface area contributed by atoms with Gasteiger partial charge in [0.25, 0.3) is 0 Å². The van der Waals surface area contributed by atoms with Crippen LogP contribution in [0.15, 0.2) is 18.2 Å². The van der Waals surface area contributed by atoms with Gasteiger partial charge in [-0.15, -0.1) is 0 Å². The highest BCUT2D eigenvalue weighted by Gasteiger charge is 2.37. The van der Waals surface area contributed by atoms with Crippen LogP contribution >= 0.6 is 0 Å². The first-order valence-electron chi connectivity index (χ1n) is 9.03. The summed E-state index contributed by atoms with van der Waals surface area (Å²) in [6.07, 6.45) is 0. The molecule has 0 aliphatic rings. The Morgan fingerprint density at radius 2 is 1.23 bits per heavy atom. The largest absolute Gasteiger partial charge is 0.452 e. The van der Waals surface area contributed by atoms with E-state index in [-0.39, 0.29) is 10.1 Å². The molecule has 0 saturated heterocycles. The second kappa shape index (κ2) is 8.25. The van der Waals surface area contributed by atoms with Crippen LogP contribution in [0.5, 0.6) is 0 Å². The van der Waals surface area contributed by atoms with Gasteiger partial charge in [0, 0.05) is 0 Å². The molecule has 142 valence electrons. The lowest BCUT2D eigenvalue weighted by molar-refractivity contribution is 0.547. The van der Waals surface area contributed by atoms with E-state index < -0.39 is 16.6 Å². The van der Waals surface area contributed by atoms with Crippen LogP contribution < -0.4 is 10.4 Å². The Morgan fingerprint density at radius 3 is 1.62 bits per heavy atom. The molecule has 1 aromatic rings. The Bertz CT molecular complexity index is 668. The molecule has 0 amide bonds. The molecular weight excluding hydrogens is 387 g/mol. The third kappa shape index (κ3) is 7.25.